The number of rotatable bonds is 20. The molecule has 0 saturated heterocycles. The molecule has 2 atom stereocenters. The van der Waals surface area contributed by atoms with Crippen molar-refractivity contribution in [3.8, 4) is 0 Å². The van der Waals surface area contributed by atoms with E-state index in [1.165, 1.54) is 52.1 Å². The molecule has 5 nitrogen and oxygen atoms in total. The van der Waals surface area contributed by atoms with Gasteiger partial charge < -0.3 is 14.2 Å². The third kappa shape index (κ3) is 12.9. The van der Waals surface area contributed by atoms with E-state index in [0.717, 1.165) is 32.1 Å². The lowest BCUT2D eigenvalue weighted by atomic mass is 9.84. The molecular weight excluding hydrogens is 392 g/mol. The highest BCUT2D eigenvalue weighted by Crippen LogP contribution is 2.30. The van der Waals surface area contributed by atoms with Crippen LogP contribution in [0.4, 0.5) is 0 Å². The number of hydrogen-bond acceptors (Lipinski definition) is 5. The summed E-state index contributed by atoms with van der Waals surface area (Å²) < 4.78 is 15.9. The molecule has 2 unspecified atom stereocenters. The van der Waals surface area contributed by atoms with Gasteiger partial charge >= 0.3 is 11.9 Å². The number of hydrogen-bond donors (Lipinski definition) is 0. The van der Waals surface area contributed by atoms with E-state index in [1.54, 1.807) is 13.8 Å². The Balaban J connectivity index is 4.23. The van der Waals surface area contributed by atoms with Crippen LogP contribution in [0.5, 0.6) is 0 Å². The minimum absolute atomic E-state index is 0.252. The molecule has 0 N–H and O–H groups in total. The zero-order valence-electron chi connectivity index (χ0n) is 20.9. The molecule has 0 bridgehead atoms. The summed E-state index contributed by atoms with van der Waals surface area (Å²) in [5.41, 5.74) is -1.31. The Bertz CT molecular complexity index is 488. The van der Waals surface area contributed by atoms with Crippen LogP contribution in [0.3, 0.4) is 0 Å². The zero-order chi connectivity index (χ0) is 23.4. The lowest BCUT2D eigenvalue weighted by molar-refractivity contribution is -0.186. The van der Waals surface area contributed by atoms with E-state index >= 15 is 0 Å². The molecule has 0 amide bonds. The van der Waals surface area contributed by atoms with Gasteiger partial charge in [0.15, 0.2) is 5.60 Å². The number of esters is 2. The van der Waals surface area contributed by atoms with Crippen molar-refractivity contribution in [2.45, 2.75) is 117 Å². The van der Waals surface area contributed by atoms with Gasteiger partial charge in [0.25, 0.3) is 0 Å². The summed E-state index contributed by atoms with van der Waals surface area (Å²) >= 11 is 0. The van der Waals surface area contributed by atoms with E-state index in [4.69, 9.17) is 14.2 Å². The number of methoxy groups -OCH3 is 1. The molecule has 0 aliphatic heterocycles. The summed E-state index contributed by atoms with van der Waals surface area (Å²) in [6.45, 7) is 8.03. The largest absolute Gasteiger partial charge is 0.469 e. The van der Waals surface area contributed by atoms with Crippen molar-refractivity contribution in [1.82, 2.24) is 0 Å². The first-order valence-electron chi connectivity index (χ1n) is 12.5. The SMILES string of the molecule is CCCCCCCC/C=C\CCCCCCC(C(=O)OC)C(C)(OCC)C(=O)OCC. The fourth-order valence-electron chi connectivity index (χ4n) is 3.88. The van der Waals surface area contributed by atoms with Crippen LogP contribution < -0.4 is 0 Å². The molecule has 0 rings (SSSR count). The Hall–Kier alpha value is -1.36. The van der Waals surface area contributed by atoms with E-state index in [2.05, 4.69) is 19.1 Å². The Morgan fingerprint density at radius 1 is 0.806 bits per heavy atom. The maximum Gasteiger partial charge on any atom is 0.339 e. The lowest BCUT2D eigenvalue weighted by Crippen LogP contribution is -2.50. The number of carbonyl (C=O) groups excluding carboxylic acids is 2. The van der Waals surface area contributed by atoms with Gasteiger partial charge in [-0.15, -0.1) is 0 Å². The van der Waals surface area contributed by atoms with Crippen LogP contribution >= 0.6 is 0 Å². The van der Waals surface area contributed by atoms with Gasteiger partial charge in [-0.25, -0.2) is 4.79 Å². The minimum Gasteiger partial charge on any atom is -0.469 e. The van der Waals surface area contributed by atoms with Crippen LogP contribution in [0.2, 0.25) is 0 Å². The first kappa shape index (κ1) is 29.6. The maximum atomic E-state index is 12.5. The summed E-state index contributed by atoms with van der Waals surface area (Å²) in [6, 6.07) is 0. The monoisotopic (exact) mass is 440 g/mol. The van der Waals surface area contributed by atoms with Crippen molar-refractivity contribution in [2.24, 2.45) is 5.92 Å². The molecule has 0 heterocycles. The standard InChI is InChI=1S/C26H48O5/c1-6-9-10-11-12-13-14-15-16-17-18-19-20-21-22-23(24(27)29-5)26(4,31-8-3)25(28)30-7-2/h15-16,23H,6-14,17-22H2,1-5H3/b16-15-. The maximum absolute atomic E-state index is 12.5. The highest BCUT2D eigenvalue weighted by molar-refractivity contribution is 5.87. The quantitative estimate of drug-likeness (QED) is 0.119. The van der Waals surface area contributed by atoms with E-state index < -0.39 is 23.5 Å². The van der Waals surface area contributed by atoms with Gasteiger partial charge in [-0.3, -0.25) is 4.79 Å². The number of unbranched alkanes of at least 4 members (excludes halogenated alkanes) is 10. The van der Waals surface area contributed by atoms with Crippen molar-refractivity contribution in [3.63, 3.8) is 0 Å². The van der Waals surface area contributed by atoms with Gasteiger partial charge in [-0.05, 0) is 52.9 Å². The summed E-state index contributed by atoms with van der Waals surface area (Å²) in [4.78, 5) is 24.9. The molecule has 31 heavy (non-hydrogen) atoms. The van der Waals surface area contributed by atoms with Crippen LogP contribution in [0.15, 0.2) is 12.2 Å². The molecule has 5 heteroatoms. The first-order valence-corrected chi connectivity index (χ1v) is 12.5. The average molecular weight is 441 g/mol. The Labute approximate surface area is 191 Å². The van der Waals surface area contributed by atoms with Crippen LogP contribution in [0.1, 0.15) is 111 Å². The Kier molecular flexibility index (Phi) is 18.5. The van der Waals surface area contributed by atoms with Crippen molar-refractivity contribution in [1.29, 1.82) is 0 Å². The Morgan fingerprint density at radius 2 is 1.35 bits per heavy atom. The molecule has 0 fully saturated rings. The molecule has 0 spiro atoms. The predicted octanol–water partition coefficient (Wildman–Crippen LogP) is 6.78. The van der Waals surface area contributed by atoms with Crippen LogP contribution in [-0.4, -0.2) is 37.9 Å². The molecule has 0 aromatic carbocycles. The van der Waals surface area contributed by atoms with Gasteiger partial charge in [0.1, 0.15) is 0 Å². The zero-order valence-corrected chi connectivity index (χ0v) is 20.9. The van der Waals surface area contributed by atoms with Gasteiger partial charge in [0.05, 0.1) is 19.6 Å². The van der Waals surface area contributed by atoms with Gasteiger partial charge in [-0.2, -0.15) is 0 Å². The summed E-state index contributed by atoms with van der Waals surface area (Å²) in [7, 11) is 1.35. The average Bonchev–Trinajstić information content (AvgIpc) is 2.76. The van der Waals surface area contributed by atoms with Crippen LogP contribution in [-0.2, 0) is 23.8 Å². The minimum atomic E-state index is -1.31. The Morgan fingerprint density at radius 3 is 1.87 bits per heavy atom. The molecule has 0 aromatic heterocycles. The molecule has 0 radical (unpaired) electrons. The smallest absolute Gasteiger partial charge is 0.339 e. The number of ether oxygens (including phenoxy) is 3. The fraction of sp³-hybridized carbons (Fsp3) is 0.846. The first-order chi connectivity index (χ1) is 15.0. The van der Waals surface area contributed by atoms with Crippen molar-refractivity contribution in [3.05, 3.63) is 12.2 Å². The fourth-order valence-corrected chi connectivity index (χ4v) is 3.88. The third-order valence-corrected chi connectivity index (χ3v) is 5.78. The second-order valence-corrected chi connectivity index (χ2v) is 8.36. The molecule has 0 aliphatic carbocycles. The highest BCUT2D eigenvalue weighted by atomic mass is 16.6. The van der Waals surface area contributed by atoms with Gasteiger partial charge in [0.2, 0.25) is 0 Å². The van der Waals surface area contributed by atoms with Gasteiger partial charge in [-0.1, -0.05) is 70.4 Å². The second-order valence-electron chi connectivity index (χ2n) is 8.36. The predicted molar refractivity (Wildman–Crippen MR) is 127 cm³/mol. The summed E-state index contributed by atoms with van der Waals surface area (Å²) in [5, 5.41) is 0. The summed E-state index contributed by atoms with van der Waals surface area (Å²) in [6.07, 6.45) is 19.7. The molecular formula is C26H48O5. The van der Waals surface area contributed by atoms with E-state index in [1.807, 2.05) is 6.92 Å². The second kappa shape index (κ2) is 19.3. The van der Waals surface area contributed by atoms with E-state index in [-0.39, 0.29) is 6.61 Å². The molecule has 0 aromatic rings. The van der Waals surface area contributed by atoms with Crippen molar-refractivity contribution >= 4 is 11.9 Å². The van der Waals surface area contributed by atoms with Crippen molar-refractivity contribution in [2.75, 3.05) is 20.3 Å². The highest BCUT2D eigenvalue weighted by Gasteiger charge is 2.47. The number of carbonyl (C=O) groups is 2. The topological polar surface area (TPSA) is 61.8 Å². The van der Waals surface area contributed by atoms with Gasteiger partial charge in [0, 0.05) is 6.61 Å². The normalized spacial score (nSPS) is 14.4. The van der Waals surface area contributed by atoms with Crippen LogP contribution in [0.25, 0.3) is 0 Å². The van der Waals surface area contributed by atoms with E-state index in [9.17, 15) is 9.59 Å². The van der Waals surface area contributed by atoms with Crippen molar-refractivity contribution < 1.29 is 23.8 Å². The van der Waals surface area contributed by atoms with Crippen LogP contribution in [0, 0.1) is 5.92 Å². The number of allylic oxidation sites excluding steroid dienone is 2. The molecule has 0 saturated carbocycles. The molecule has 182 valence electrons. The molecule has 0 aliphatic rings. The van der Waals surface area contributed by atoms with E-state index in [0.29, 0.717) is 13.0 Å². The lowest BCUT2D eigenvalue weighted by Gasteiger charge is -2.33. The summed E-state index contributed by atoms with van der Waals surface area (Å²) in [5.74, 6) is -1.57. The third-order valence-electron chi connectivity index (χ3n) is 5.78.